The van der Waals surface area contributed by atoms with Crippen LogP contribution in [0.1, 0.15) is 6.92 Å². The highest BCUT2D eigenvalue weighted by atomic mass is 35.5. The molecule has 7 heteroatoms. The minimum atomic E-state index is -0.976. The second kappa shape index (κ2) is 8.01. The number of benzene rings is 2. The second-order valence-corrected chi connectivity index (χ2v) is 6.84. The van der Waals surface area contributed by atoms with E-state index in [1.807, 2.05) is 31.2 Å². The Morgan fingerprint density at radius 1 is 1.15 bits per heavy atom. The molecule has 4 nitrogen and oxygen atoms in total. The van der Waals surface area contributed by atoms with E-state index in [9.17, 15) is 13.6 Å². The Hall–Kier alpha value is -2.18. The molecule has 0 aromatic heterocycles. The quantitative estimate of drug-likeness (QED) is 0.854. The maximum absolute atomic E-state index is 13.3. The Balaban J connectivity index is 1.57. The number of nitrogens with zero attached hydrogens (tertiary/aromatic N) is 1. The lowest BCUT2D eigenvalue weighted by Gasteiger charge is -2.36. The van der Waals surface area contributed by atoms with Gasteiger partial charge in [0.1, 0.15) is 0 Å². The number of nitrogens with one attached hydrogen (secondary N) is 2. The number of amides is 1. The number of hydrogen-bond donors (Lipinski definition) is 2. The van der Waals surface area contributed by atoms with Crippen LogP contribution in [0.2, 0.25) is 5.02 Å². The first kappa shape index (κ1) is 18.6. The summed E-state index contributed by atoms with van der Waals surface area (Å²) in [6.45, 7) is 5.01. The van der Waals surface area contributed by atoms with Crippen LogP contribution in [-0.2, 0) is 4.79 Å². The molecule has 0 spiro atoms. The zero-order valence-electron chi connectivity index (χ0n) is 14.4. The summed E-state index contributed by atoms with van der Waals surface area (Å²) in [4.78, 5) is 15.8. The van der Waals surface area contributed by atoms with Crippen LogP contribution >= 0.6 is 11.6 Å². The molecule has 1 saturated heterocycles. The van der Waals surface area contributed by atoms with Gasteiger partial charge in [-0.3, -0.25) is 4.79 Å². The van der Waals surface area contributed by atoms with Crippen LogP contribution in [0.15, 0.2) is 42.5 Å². The summed E-state index contributed by atoms with van der Waals surface area (Å²) in [5.74, 6) is -2.12. The van der Waals surface area contributed by atoms with Gasteiger partial charge in [-0.25, -0.2) is 8.78 Å². The summed E-state index contributed by atoms with van der Waals surface area (Å²) in [5.41, 5.74) is 1.27. The average molecular weight is 381 g/mol. The van der Waals surface area contributed by atoms with Crippen LogP contribution in [0, 0.1) is 11.6 Å². The van der Waals surface area contributed by atoms with E-state index < -0.39 is 11.6 Å². The maximum atomic E-state index is 13.3. The summed E-state index contributed by atoms with van der Waals surface area (Å²) < 4.78 is 26.3. The fourth-order valence-electron chi connectivity index (χ4n) is 3.19. The number of piperazine rings is 1. The lowest BCUT2D eigenvalue weighted by molar-refractivity contribution is -0.914. The first-order chi connectivity index (χ1) is 12.5. The number of hydrogen-bond acceptors (Lipinski definition) is 2. The number of carbonyl (C=O) groups excluding carboxylic acids is 1. The van der Waals surface area contributed by atoms with Crippen LogP contribution in [-0.4, -0.2) is 38.1 Å². The first-order valence-electron chi connectivity index (χ1n) is 8.55. The van der Waals surface area contributed by atoms with Gasteiger partial charge in [0, 0.05) is 11.8 Å². The second-order valence-electron chi connectivity index (χ2n) is 6.44. The van der Waals surface area contributed by atoms with E-state index >= 15 is 0 Å². The highest BCUT2D eigenvalue weighted by Gasteiger charge is 2.29. The van der Waals surface area contributed by atoms with Gasteiger partial charge >= 0.3 is 0 Å². The number of anilines is 2. The molecule has 1 amide bonds. The molecule has 0 unspecified atom stereocenters. The molecule has 1 aliphatic heterocycles. The highest BCUT2D eigenvalue weighted by molar-refractivity contribution is 6.33. The van der Waals surface area contributed by atoms with Crippen LogP contribution in [0.4, 0.5) is 20.2 Å². The molecule has 0 aliphatic carbocycles. The molecular weight excluding hydrogens is 360 g/mol. The summed E-state index contributed by atoms with van der Waals surface area (Å²) in [6, 6.07) is 10.8. The van der Waals surface area contributed by atoms with Gasteiger partial charge < -0.3 is 15.1 Å². The van der Waals surface area contributed by atoms with Gasteiger partial charge in [0.25, 0.3) is 5.91 Å². The van der Waals surface area contributed by atoms with Crippen molar-refractivity contribution in [3.63, 3.8) is 0 Å². The van der Waals surface area contributed by atoms with Crippen molar-refractivity contribution in [2.75, 3.05) is 36.4 Å². The van der Waals surface area contributed by atoms with Crippen molar-refractivity contribution in [1.29, 1.82) is 0 Å². The monoisotopic (exact) mass is 380 g/mol. The molecule has 0 saturated carbocycles. The largest absolute Gasteiger partial charge is 0.359 e. The Labute approximate surface area is 156 Å². The third-order valence-corrected chi connectivity index (χ3v) is 5.11. The van der Waals surface area contributed by atoms with E-state index in [0.29, 0.717) is 0 Å². The normalized spacial score (nSPS) is 16.4. The van der Waals surface area contributed by atoms with Gasteiger partial charge in [0.05, 0.1) is 36.9 Å². The summed E-state index contributed by atoms with van der Waals surface area (Å²) >= 11 is 6.25. The topological polar surface area (TPSA) is 36.8 Å². The summed E-state index contributed by atoms with van der Waals surface area (Å²) in [6.07, 6.45) is 0. The van der Waals surface area contributed by atoms with Gasteiger partial charge in [-0.2, -0.15) is 0 Å². The SMILES string of the molecule is C[C@H](C(=O)Nc1ccc(F)c(F)c1)[NH+]1CCN(c2ccccc2Cl)CC1. The summed E-state index contributed by atoms with van der Waals surface area (Å²) in [7, 11) is 0. The zero-order valence-corrected chi connectivity index (χ0v) is 15.2. The Kier molecular flexibility index (Phi) is 5.74. The minimum Gasteiger partial charge on any atom is -0.359 e. The molecule has 1 heterocycles. The molecule has 1 fully saturated rings. The van der Waals surface area contributed by atoms with Crippen molar-refractivity contribution in [1.82, 2.24) is 0 Å². The van der Waals surface area contributed by atoms with E-state index in [1.165, 1.54) is 6.07 Å². The van der Waals surface area contributed by atoms with Crippen LogP contribution in [0.3, 0.4) is 0 Å². The Morgan fingerprint density at radius 2 is 1.85 bits per heavy atom. The fourth-order valence-corrected chi connectivity index (χ4v) is 3.44. The van der Waals surface area contributed by atoms with Gasteiger partial charge in [-0.1, -0.05) is 23.7 Å². The first-order valence-corrected chi connectivity index (χ1v) is 8.93. The Morgan fingerprint density at radius 3 is 2.50 bits per heavy atom. The number of para-hydroxylation sites is 1. The molecule has 0 radical (unpaired) electrons. The zero-order chi connectivity index (χ0) is 18.7. The number of quaternary nitrogens is 1. The molecule has 3 rings (SSSR count). The number of rotatable bonds is 4. The molecule has 1 atom stereocenters. The minimum absolute atomic E-state index is 0.211. The fraction of sp³-hybridized carbons (Fsp3) is 0.316. The summed E-state index contributed by atoms with van der Waals surface area (Å²) in [5, 5.41) is 3.38. The van der Waals surface area contributed by atoms with Gasteiger partial charge in [0.2, 0.25) is 0 Å². The maximum Gasteiger partial charge on any atom is 0.282 e. The molecule has 2 N–H and O–H groups in total. The Bertz CT molecular complexity index is 794. The van der Waals surface area contributed by atoms with E-state index in [1.54, 1.807) is 0 Å². The van der Waals surface area contributed by atoms with Gasteiger partial charge in [0.15, 0.2) is 17.7 Å². The van der Waals surface area contributed by atoms with Crippen LogP contribution in [0.5, 0.6) is 0 Å². The third-order valence-electron chi connectivity index (χ3n) is 4.79. The van der Waals surface area contributed by atoms with Crippen molar-refractivity contribution >= 4 is 28.9 Å². The van der Waals surface area contributed by atoms with Gasteiger partial charge in [-0.05, 0) is 31.2 Å². The molecule has 2 aromatic rings. The molecule has 0 bridgehead atoms. The predicted octanol–water partition coefficient (Wildman–Crippen LogP) is 2.35. The van der Waals surface area contributed by atoms with Gasteiger partial charge in [-0.15, -0.1) is 0 Å². The van der Waals surface area contributed by atoms with Crippen LogP contribution < -0.4 is 15.1 Å². The molecule has 138 valence electrons. The molecule has 2 aromatic carbocycles. The number of carbonyl (C=O) groups is 1. The van der Waals surface area contributed by atoms with Crippen molar-refractivity contribution in [3.05, 3.63) is 59.1 Å². The average Bonchev–Trinajstić information content (AvgIpc) is 2.65. The molecular formula is C19H21ClF2N3O+. The van der Waals surface area contributed by atoms with E-state index in [-0.39, 0.29) is 17.6 Å². The van der Waals surface area contributed by atoms with E-state index in [4.69, 9.17) is 11.6 Å². The number of halogens is 3. The van der Waals surface area contributed by atoms with E-state index in [2.05, 4.69) is 10.2 Å². The molecule has 26 heavy (non-hydrogen) atoms. The highest BCUT2D eigenvalue weighted by Crippen LogP contribution is 2.24. The molecule has 1 aliphatic rings. The van der Waals surface area contributed by atoms with Crippen molar-refractivity contribution in [2.24, 2.45) is 0 Å². The van der Waals surface area contributed by atoms with Crippen molar-refractivity contribution in [3.8, 4) is 0 Å². The van der Waals surface area contributed by atoms with Crippen LogP contribution in [0.25, 0.3) is 0 Å². The predicted molar refractivity (Wildman–Crippen MR) is 98.8 cm³/mol. The lowest BCUT2D eigenvalue weighted by atomic mass is 10.2. The lowest BCUT2D eigenvalue weighted by Crippen LogP contribution is -3.19. The van der Waals surface area contributed by atoms with E-state index in [0.717, 1.165) is 53.9 Å². The third kappa shape index (κ3) is 4.14. The van der Waals surface area contributed by atoms with Crippen molar-refractivity contribution in [2.45, 2.75) is 13.0 Å². The standard InChI is InChI=1S/C19H20ClF2N3O/c1-13(19(26)23-14-6-7-16(21)17(22)12-14)24-8-10-25(11-9-24)18-5-3-2-4-15(18)20/h2-7,12-13H,8-11H2,1H3,(H,23,26)/p+1/t13-/m1/s1. The van der Waals surface area contributed by atoms with Crippen molar-refractivity contribution < 1.29 is 18.5 Å². The smallest absolute Gasteiger partial charge is 0.282 e.